The minimum Gasteiger partial charge on any atom is -0.314 e. The van der Waals surface area contributed by atoms with Crippen LogP contribution < -0.4 is 5.32 Å². The van der Waals surface area contributed by atoms with Gasteiger partial charge in [-0.05, 0) is 29.2 Å². The summed E-state index contributed by atoms with van der Waals surface area (Å²) in [5, 5.41) is 3.83. The molecule has 1 aliphatic rings. The fraction of sp³-hybridized carbons (Fsp3) is 0.600. The third kappa shape index (κ3) is 3.68. The van der Waals surface area contributed by atoms with Crippen LogP contribution in [0.3, 0.4) is 0 Å². The molecule has 0 spiro atoms. The van der Waals surface area contributed by atoms with Crippen LogP contribution >= 0.6 is 11.6 Å². The van der Waals surface area contributed by atoms with Crippen LogP contribution in [0.4, 0.5) is 4.39 Å². The van der Waals surface area contributed by atoms with Gasteiger partial charge >= 0.3 is 0 Å². The fourth-order valence-corrected chi connectivity index (χ4v) is 3.16. The molecule has 1 N–H and O–H groups in total. The van der Waals surface area contributed by atoms with Gasteiger partial charge in [0.1, 0.15) is 5.82 Å². The van der Waals surface area contributed by atoms with Gasteiger partial charge in [-0.3, -0.25) is 4.90 Å². The van der Waals surface area contributed by atoms with Crippen LogP contribution in [-0.2, 0) is 0 Å². The Balaban J connectivity index is 2.36. The minimum atomic E-state index is -0.258. The highest BCUT2D eigenvalue weighted by Crippen LogP contribution is 2.39. The molecule has 106 valence electrons. The number of nitrogens with zero attached hydrogens (tertiary/aromatic N) is 1. The predicted octanol–water partition coefficient (Wildman–Crippen LogP) is 3.47. The van der Waals surface area contributed by atoms with E-state index in [9.17, 15) is 4.39 Å². The van der Waals surface area contributed by atoms with Gasteiger partial charge in [-0.25, -0.2) is 4.39 Å². The summed E-state index contributed by atoms with van der Waals surface area (Å²) in [6.45, 7) is 10.5. The van der Waals surface area contributed by atoms with E-state index in [-0.39, 0.29) is 17.3 Å². The van der Waals surface area contributed by atoms with Gasteiger partial charge in [-0.2, -0.15) is 0 Å². The van der Waals surface area contributed by atoms with Crippen molar-refractivity contribution in [1.82, 2.24) is 10.2 Å². The van der Waals surface area contributed by atoms with E-state index in [0.717, 1.165) is 31.7 Å². The summed E-state index contributed by atoms with van der Waals surface area (Å²) in [5.41, 5.74) is 1.01. The van der Waals surface area contributed by atoms with Crippen molar-refractivity contribution in [3.63, 3.8) is 0 Å². The standard InChI is InChI=1S/C15H22ClFN2/c1-15(2,3)14(19-6-4-18-5-7-19)11-8-12(16)10-13(17)9-11/h8-10,14,18H,4-7H2,1-3H3/t14-/m1/s1. The summed E-state index contributed by atoms with van der Waals surface area (Å²) in [4.78, 5) is 2.42. The van der Waals surface area contributed by atoms with Crippen LogP contribution in [0.15, 0.2) is 18.2 Å². The topological polar surface area (TPSA) is 15.3 Å². The molecule has 2 rings (SSSR count). The SMILES string of the molecule is CC(C)(C)[C@@H](c1cc(F)cc(Cl)c1)N1CCNCC1. The van der Waals surface area contributed by atoms with Gasteiger partial charge in [0.05, 0.1) is 0 Å². The predicted molar refractivity (Wildman–Crippen MR) is 78.0 cm³/mol. The Hall–Kier alpha value is -0.640. The molecule has 4 heteroatoms. The van der Waals surface area contributed by atoms with Crippen molar-refractivity contribution >= 4 is 11.6 Å². The van der Waals surface area contributed by atoms with Crippen LogP contribution in [0.5, 0.6) is 0 Å². The molecular formula is C15H22ClFN2. The third-order valence-corrected chi connectivity index (χ3v) is 3.76. The van der Waals surface area contributed by atoms with Crippen molar-refractivity contribution in [2.45, 2.75) is 26.8 Å². The maximum Gasteiger partial charge on any atom is 0.125 e. The zero-order valence-corrected chi connectivity index (χ0v) is 12.6. The largest absolute Gasteiger partial charge is 0.314 e. The number of piperazine rings is 1. The van der Waals surface area contributed by atoms with E-state index in [1.54, 1.807) is 6.07 Å². The number of rotatable bonds is 2. The Bertz CT molecular complexity index is 416. The molecule has 1 fully saturated rings. The van der Waals surface area contributed by atoms with Gasteiger partial charge < -0.3 is 5.32 Å². The lowest BCUT2D eigenvalue weighted by atomic mass is 9.81. The molecule has 1 atom stereocenters. The Morgan fingerprint density at radius 2 is 1.84 bits per heavy atom. The van der Waals surface area contributed by atoms with Crippen molar-refractivity contribution in [3.8, 4) is 0 Å². The lowest BCUT2D eigenvalue weighted by Crippen LogP contribution is -2.48. The molecule has 1 saturated heterocycles. The van der Waals surface area contributed by atoms with Crippen LogP contribution in [0, 0.1) is 11.2 Å². The number of hydrogen-bond donors (Lipinski definition) is 1. The lowest BCUT2D eigenvalue weighted by molar-refractivity contribution is 0.0860. The van der Waals surface area contributed by atoms with E-state index in [0.29, 0.717) is 5.02 Å². The molecule has 0 unspecified atom stereocenters. The van der Waals surface area contributed by atoms with Crippen molar-refractivity contribution in [3.05, 3.63) is 34.6 Å². The maximum absolute atomic E-state index is 13.6. The summed E-state index contributed by atoms with van der Waals surface area (Å²) in [5.74, 6) is -0.258. The van der Waals surface area contributed by atoms with Gasteiger partial charge in [0.15, 0.2) is 0 Å². The first-order valence-electron chi connectivity index (χ1n) is 6.79. The second-order valence-electron chi connectivity index (χ2n) is 6.26. The van der Waals surface area contributed by atoms with Gasteiger partial charge in [-0.1, -0.05) is 32.4 Å². The van der Waals surface area contributed by atoms with Crippen molar-refractivity contribution in [1.29, 1.82) is 0 Å². The second kappa shape index (κ2) is 5.78. The number of hydrogen-bond acceptors (Lipinski definition) is 2. The lowest BCUT2D eigenvalue weighted by Gasteiger charge is -2.42. The van der Waals surface area contributed by atoms with E-state index in [1.165, 1.54) is 6.07 Å². The molecule has 0 aliphatic carbocycles. The average molecular weight is 285 g/mol. The zero-order valence-electron chi connectivity index (χ0n) is 11.8. The van der Waals surface area contributed by atoms with E-state index >= 15 is 0 Å². The second-order valence-corrected chi connectivity index (χ2v) is 6.69. The van der Waals surface area contributed by atoms with E-state index in [4.69, 9.17) is 11.6 Å². The summed E-state index contributed by atoms with van der Waals surface area (Å²) >= 11 is 6.01. The molecule has 0 bridgehead atoms. The van der Waals surface area contributed by atoms with Crippen LogP contribution in [0.25, 0.3) is 0 Å². The van der Waals surface area contributed by atoms with Crippen LogP contribution in [-0.4, -0.2) is 31.1 Å². The van der Waals surface area contributed by atoms with Crippen molar-refractivity contribution in [2.75, 3.05) is 26.2 Å². The number of benzene rings is 1. The molecule has 0 radical (unpaired) electrons. The molecule has 1 aliphatic heterocycles. The quantitative estimate of drug-likeness (QED) is 0.895. The molecule has 0 saturated carbocycles. The van der Waals surface area contributed by atoms with Gasteiger partial charge in [0.25, 0.3) is 0 Å². The molecule has 1 aromatic carbocycles. The first kappa shape index (κ1) is 14.8. The fourth-order valence-electron chi connectivity index (χ4n) is 2.93. The zero-order chi connectivity index (χ0) is 14.0. The molecule has 0 aromatic heterocycles. The smallest absolute Gasteiger partial charge is 0.125 e. The monoisotopic (exact) mass is 284 g/mol. The van der Waals surface area contributed by atoms with E-state index in [2.05, 4.69) is 31.0 Å². The van der Waals surface area contributed by atoms with Gasteiger partial charge in [0, 0.05) is 37.2 Å². The van der Waals surface area contributed by atoms with E-state index in [1.807, 2.05) is 6.07 Å². The highest BCUT2D eigenvalue weighted by Gasteiger charge is 2.32. The van der Waals surface area contributed by atoms with Gasteiger partial charge in [0.2, 0.25) is 0 Å². The molecule has 2 nitrogen and oxygen atoms in total. The molecule has 19 heavy (non-hydrogen) atoms. The van der Waals surface area contributed by atoms with Crippen LogP contribution in [0.2, 0.25) is 5.02 Å². The first-order valence-corrected chi connectivity index (χ1v) is 7.16. The Labute approximate surface area is 119 Å². The van der Waals surface area contributed by atoms with Gasteiger partial charge in [-0.15, -0.1) is 0 Å². The van der Waals surface area contributed by atoms with Crippen molar-refractivity contribution < 1.29 is 4.39 Å². The molecule has 1 aromatic rings. The summed E-state index contributed by atoms with van der Waals surface area (Å²) in [7, 11) is 0. The van der Waals surface area contributed by atoms with E-state index < -0.39 is 0 Å². The van der Waals surface area contributed by atoms with Crippen LogP contribution in [0.1, 0.15) is 32.4 Å². The maximum atomic E-state index is 13.6. The molecule has 0 amide bonds. The van der Waals surface area contributed by atoms with Crippen molar-refractivity contribution in [2.24, 2.45) is 5.41 Å². The number of nitrogens with one attached hydrogen (secondary N) is 1. The average Bonchev–Trinajstić information content (AvgIpc) is 2.27. The number of halogens is 2. The highest BCUT2D eigenvalue weighted by atomic mass is 35.5. The molecule has 1 heterocycles. The normalized spacial score (nSPS) is 19.4. The Kier molecular flexibility index (Phi) is 4.49. The minimum absolute atomic E-state index is 0.0362. The molecular weight excluding hydrogens is 263 g/mol. The Morgan fingerprint density at radius 1 is 1.21 bits per heavy atom. The summed E-state index contributed by atoms with van der Waals surface area (Å²) < 4.78 is 13.6. The first-order chi connectivity index (χ1) is 8.88. The summed E-state index contributed by atoms with van der Waals surface area (Å²) in [6, 6.07) is 5.05. The summed E-state index contributed by atoms with van der Waals surface area (Å²) in [6.07, 6.45) is 0. The third-order valence-electron chi connectivity index (χ3n) is 3.54. The highest BCUT2D eigenvalue weighted by molar-refractivity contribution is 6.30. The Morgan fingerprint density at radius 3 is 2.37 bits per heavy atom.